The molecule has 1 nitrogen and oxygen atoms in total. The quantitative estimate of drug-likeness (QED) is 0.555. The molecule has 0 saturated heterocycles. The van der Waals surface area contributed by atoms with Crippen LogP contribution in [0.2, 0.25) is 0 Å². The Morgan fingerprint density at radius 1 is 1.27 bits per heavy atom. The van der Waals surface area contributed by atoms with Crippen LogP contribution >= 0.6 is 0 Å². The molecule has 0 spiro atoms. The molecular weight excluding hydrogens is 134 g/mol. The van der Waals surface area contributed by atoms with Crippen LogP contribution in [0, 0.1) is 0 Å². The topological polar surface area (TPSA) is 12.0 Å². The minimum Gasteiger partial charge on any atom is -0.313 e. The average molecular weight is 149 g/mol. The molecule has 0 aliphatic carbocycles. The van der Waals surface area contributed by atoms with Crippen LogP contribution in [0.4, 0.5) is 0 Å². The summed E-state index contributed by atoms with van der Waals surface area (Å²) >= 11 is 0. The van der Waals surface area contributed by atoms with Gasteiger partial charge < -0.3 is 5.32 Å². The van der Waals surface area contributed by atoms with Crippen molar-refractivity contribution in [2.45, 2.75) is 13.3 Å². The first-order valence-electron chi connectivity index (χ1n) is 4.09. The second-order valence-electron chi connectivity index (χ2n) is 2.78. The first-order chi connectivity index (χ1) is 5.39. The molecule has 1 N–H and O–H groups in total. The van der Waals surface area contributed by atoms with Gasteiger partial charge in [-0.2, -0.15) is 0 Å². The minimum atomic E-state index is 0.984. The Morgan fingerprint density at radius 2 is 2.18 bits per heavy atom. The van der Waals surface area contributed by atoms with E-state index in [1.54, 1.807) is 0 Å². The average Bonchev–Trinajstić information content (AvgIpc) is 2.03. The molecule has 0 aromatic rings. The van der Waals surface area contributed by atoms with E-state index in [0.717, 1.165) is 19.5 Å². The lowest BCUT2D eigenvalue weighted by atomic mass is 10.2. The summed E-state index contributed by atoms with van der Waals surface area (Å²) in [5.74, 6) is 0. The van der Waals surface area contributed by atoms with E-state index >= 15 is 0 Å². The molecule has 0 bridgehead atoms. The highest BCUT2D eigenvalue weighted by Crippen LogP contribution is 1.99. The molecule has 1 rings (SSSR count). The van der Waals surface area contributed by atoms with Crippen LogP contribution in [0.1, 0.15) is 13.3 Å². The normalized spacial score (nSPS) is 30.1. The number of hydrogen-bond acceptors (Lipinski definition) is 1. The third kappa shape index (κ3) is 3.79. The fourth-order valence-corrected chi connectivity index (χ4v) is 0.985. The Hall–Kier alpha value is -0.820. The highest BCUT2D eigenvalue weighted by molar-refractivity contribution is 5.16. The third-order valence-corrected chi connectivity index (χ3v) is 1.70. The van der Waals surface area contributed by atoms with Crippen LogP contribution in [-0.2, 0) is 0 Å². The Morgan fingerprint density at radius 3 is 3.09 bits per heavy atom. The van der Waals surface area contributed by atoms with Crippen LogP contribution in [0.15, 0.2) is 36.0 Å². The third-order valence-electron chi connectivity index (χ3n) is 1.70. The van der Waals surface area contributed by atoms with Crippen LogP contribution < -0.4 is 5.32 Å². The summed E-state index contributed by atoms with van der Waals surface area (Å²) in [5, 5.41) is 3.32. The number of rotatable bonds is 0. The number of allylic oxidation sites excluding steroid dienone is 4. The summed E-state index contributed by atoms with van der Waals surface area (Å²) in [4.78, 5) is 0. The lowest BCUT2D eigenvalue weighted by Crippen LogP contribution is -2.15. The maximum atomic E-state index is 3.32. The van der Waals surface area contributed by atoms with Crippen molar-refractivity contribution in [3.8, 4) is 0 Å². The highest BCUT2D eigenvalue weighted by Gasteiger charge is 1.88. The fourth-order valence-electron chi connectivity index (χ4n) is 0.985. The predicted molar refractivity (Wildman–Crippen MR) is 49.5 cm³/mol. The molecule has 60 valence electrons. The molecule has 1 aliphatic heterocycles. The summed E-state index contributed by atoms with van der Waals surface area (Å²) < 4.78 is 0. The molecule has 0 radical (unpaired) electrons. The zero-order chi connectivity index (χ0) is 7.94. The van der Waals surface area contributed by atoms with Gasteiger partial charge in [0.05, 0.1) is 0 Å². The van der Waals surface area contributed by atoms with Crippen LogP contribution in [0.25, 0.3) is 0 Å². The fraction of sp³-hybridized carbons (Fsp3) is 0.400. The lowest BCUT2D eigenvalue weighted by Gasteiger charge is -2.02. The molecule has 11 heavy (non-hydrogen) atoms. The van der Waals surface area contributed by atoms with Gasteiger partial charge in [-0.05, 0) is 19.9 Å². The van der Waals surface area contributed by atoms with Gasteiger partial charge in [-0.3, -0.25) is 0 Å². The zero-order valence-corrected chi connectivity index (χ0v) is 7.01. The maximum absolute atomic E-state index is 3.32. The Bertz CT molecular complexity index is 187. The van der Waals surface area contributed by atoms with Gasteiger partial charge >= 0.3 is 0 Å². The van der Waals surface area contributed by atoms with Crippen molar-refractivity contribution in [3.63, 3.8) is 0 Å². The standard InChI is InChI=1S/C10H15N/c1-10-6-4-2-3-5-8-11-9-7-10/h2-6,11H,7-9H2,1H3/b4-2-,5-3+,10-6+. The molecule has 0 aromatic carbocycles. The molecule has 0 fully saturated rings. The van der Waals surface area contributed by atoms with Crippen LogP contribution in [0.3, 0.4) is 0 Å². The number of nitrogens with one attached hydrogen (secondary N) is 1. The van der Waals surface area contributed by atoms with E-state index in [4.69, 9.17) is 0 Å². The van der Waals surface area contributed by atoms with Crippen molar-refractivity contribution >= 4 is 0 Å². The first kappa shape index (κ1) is 8.28. The van der Waals surface area contributed by atoms with E-state index in [1.165, 1.54) is 5.57 Å². The van der Waals surface area contributed by atoms with E-state index in [-0.39, 0.29) is 0 Å². The molecule has 1 aliphatic rings. The molecule has 0 unspecified atom stereocenters. The monoisotopic (exact) mass is 149 g/mol. The van der Waals surface area contributed by atoms with E-state index in [0.29, 0.717) is 0 Å². The van der Waals surface area contributed by atoms with Gasteiger partial charge in [-0.1, -0.05) is 36.0 Å². The molecule has 0 atom stereocenters. The minimum absolute atomic E-state index is 0.984. The van der Waals surface area contributed by atoms with Crippen molar-refractivity contribution in [3.05, 3.63) is 36.0 Å². The molecule has 1 heterocycles. The Kier molecular flexibility index (Phi) is 3.70. The van der Waals surface area contributed by atoms with Gasteiger partial charge in [0, 0.05) is 6.54 Å². The van der Waals surface area contributed by atoms with Gasteiger partial charge in [-0.15, -0.1) is 0 Å². The molecule has 0 saturated carbocycles. The first-order valence-corrected chi connectivity index (χ1v) is 4.09. The van der Waals surface area contributed by atoms with E-state index in [1.807, 2.05) is 0 Å². The van der Waals surface area contributed by atoms with Crippen molar-refractivity contribution in [2.24, 2.45) is 0 Å². The molecule has 0 aromatic heterocycles. The van der Waals surface area contributed by atoms with Gasteiger partial charge in [-0.25, -0.2) is 0 Å². The largest absolute Gasteiger partial charge is 0.313 e. The molecule has 0 amide bonds. The second kappa shape index (κ2) is 4.91. The van der Waals surface area contributed by atoms with Crippen molar-refractivity contribution in [1.82, 2.24) is 5.32 Å². The zero-order valence-electron chi connectivity index (χ0n) is 7.01. The SMILES string of the molecule is C\C1=C/C=C\C=C\CNCC1. The van der Waals surface area contributed by atoms with E-state index in [9.17, 15) is 0 Å². The van der Waals surface area contributed by atoms with E-state index < -0.39 is 0 Å². The highest BCUT2D eigenvalue weighted by atomic mass is 14.8. The van der Waals surface area contributed by atoms with Crippen molar-refractivity contribution < 1.29 is 0 Å². The predicted octanol–water partition coefficient (Wildman–Crippen LogP) is 2.04. The Labute approximate surface area is 68.5 Å². The Balaban J connectivity index is 2.53. The van der Waals surface area contributed by atoms with Gasteiger partial charge in [0.15, 0.2) is 0 Å². The van der Waals surface area contributed by atoms with Crippen molar-refractivity contribution in [1.29, 1.82) is 0 Å². The maximum Gasteiger partial charge on any atom is 0.0138 e. The lowest BCUT2D eigenvalue weighted by molar-refractivity contribution is 0.739. The summed E-state index contributed by atoms with van der Waals surface area (Å²) in [7, 11) is 0. The van der Waals surface area contributed by atoms with Gasteiger partial charge in [0.2, 0.25) is 0 Å². The summed E-state index contributed by atoms with van der Waals surface area (Å²) in [6, 6.07) is 0. The molecular formula is C10H15N. The van der Waals surface area contributed by atoms with E-state index in [2.05, 4.69) is 42.6 Å². The van der Waals surface area contributed by atoms with Crippen molar-refractivity contribution in [2.75, 3.05) is 13.1 Å². The number of hydrogen-bond donors (Lipinski definition) is 1. The molecule has 1 heteroatoms. The summed E-state index contributed by atoms with van der Waals surface area (Å²) in [6.07, 6.45) is 11.7. The van der Waals surface area contributed by atoms with Gasteiger partial charge in [0.1, 0.15) is 0 Å². The van der Waals surface area contributed by atoms with Crippen LogP contribution in [-0.4, -0.2) is 13.1 Å². The second-order valence-corrected chi connectivity index (χ2v) is 2.78. The summed E-state index contributed by atoms with van der Waals surface area (Å²) in [6.45, 7) is 4.23. The van der Waals surface area contributed by atoms with Gasteiger partial charge in [0.25, 0.3) is 0 Å². The van der Waals surface area contributed by atoms with Crippen LogP contribution in [0.5, 0.6) is 0 Å². The smallest absolute Gasteiger partial charge is 0.0138 e. The summed E-state index contributed by atoms with van der Waals surface area (Å²) in [5.41, 5.74) is 1.43.